The lowest BCUT2D eigenvalue weighted by atomic mass is 9.95. The van der Waals surface area contributed by atoms with Crippen LogP contribution in [-0.4, -0.2) is 25.9 Å². The molecule has 140 valence electrons. The maximum atomic E-state index is 11.7. The van der Waals surface area contributed by atoms with E-state index >= 15 is 0 Å². The van der Waals surface area contributed by atoms with Crippen LogP contribution in [0.3, 0.4) is 0 Å². The molecule has 3 aromatic rings. The minimum Gasteiger partial charge on any atom is -0.361 e. The van der Waals surface area contributed by atoms with Gasteiger partial charge in [0.1, 0.15) is 6.33 Å². The largest absolute Gasteiger partial charge is 0.361 e. The first kappa shape index (κ1) is 17.6. The summed E-state index contributed by atoms with van der Waals surface area (Å²) in [5, 5.41) is 18.6. The average Bonchev–Trinajstić information content (AvgIpc) is 3.06. The molecule has 0 radical (unpaired) electrons. The van der Waals surface area contributed by atoms with Gasteiger partial charge in [-0.3, -0.25) is 10.1 Å². The standard InChI is InChI=1S/C18H20N6O2S/c1-11-6-5-9-13-14(11)22-18(27-13)23-17-15(24(25)26)16(19-10-20-17)21-12-7-3-2-4-8-12/h5-6,9-10,12H,2-4,7-8H2,1H3,(H2,19,20,21,22,23). The third-order valence-electron chi connectivity index (χ3n) is 4.80. The molecule has 1 fully saturated rings. The smallest absolute Gasteiger partial charge is 0.353 e. The summed E-state index contributed by atoms with van der Waals surface area (Å²) in [6.45, 7) is 1.99. The van der Waals surface area contributed by atoms with E-state index in [-0.39, 0.29) is 23.4 Å². The van der Waals surface area contributed by atoms with Crippen molar-refractivity contribution in [1.29, 1.82) is 0 Å². The Hall–Kier alpha value is -2.81. The Morgan fingerprint density at radius 1 is 1.19 bits per heavy atom. The van der Waals surface area contributed by atoms with Crippen molar-refractivity contribution in [3.63, 3.8) is 0 Å². The number of hydrogen-bond acceptors (Lipinski definition) is 8. The number of para-hydroxylation sites is 1. The molecule has 2 heterocycles. The summed E-state index contributed by atoms with van der Waals surface area (Å²) < 4.78 is 1.02. The fourth-order valence-corrected chi connectivity index (χ4v) is 4.37. The minimum absolute atomic E-state index is 0.140. The van der Waals surface area contributed by atoms with Crippen LogP contribution in [-0.2, 0) is 0 Å². The average molecular weight is 384 g/mol. The number of thiazole rings is 1. The quantitative estimate of drug-likeness (QED) is 0.481. The molecule has 1 aromatic carbocycles. The monoisotopic (exact) mass is 384 g/mol. The Morgan fingerprint density at radius 3 is 2.70 bits per heavy atom. The molecule has 0 amide bonds. The Balaban J connectivity index is 1.65. The van der Waals surface area contributed by atoms with Crippen LogP contribution in [0.25, 0.3) is 10.2 Å². The number of aromatic nitrogens is 3. The van der Waals surface area contributed by atoms with Crippen LogP contribution >= 0.6 is 11.3 Å². The lowest BCUT2D eigenvalue weighted by molar-refractivity contribution is -0.383. The van der Waals surface area contributed by atoms with Gasteiger partial charge in [0.15, 0.2) is 5.13 Å². The highest BCUT2D eigenvalue weighted by atomic mass is 32.1. The molecule has 0 unspecified atom stereocenters. The molecule has 0 spiro atoms. The number of aryl methyl sites for hydroxylation is 1. The SMILES string of the molecule is Cc1cccc2sc(Nc3ncnc(NC4CCCCC4)c3[N+](=O)[O-])nc12. The Morgan fingerprint density at radius 2 is 1.96 bits per heavy atom. The normalized spacial score (nSPS) is 15.0. The molecule has 0 saturated heterocycles. The van der Waals surface area contributed by atoms with Gasteiger partial charge in [-0.25, -0.2) is 15.0 Å². The highest BCUT2D eigenvalue weighted by Crippen LogP contribution is 2.35. The summed E-state index contributed by atoms with van der Waals surface area (Å²) in [6, 6.07) is 6.16. The minimum atomic E-state index is -0.438. The van der Waals surface area contributed by atoms with Gasteiger partial charge in [-0.05, 0) is 31.4 Å². The van der Waals surface area contributed by atoms with E-state index in [2.05, 4.69) is 25.6 Å². The molecular formula is C18H20N6O2S. The van der Waals surface area contributed by atoms with Gasteiger partial charge in [0.2, 0.25) is 11.6 Å². The van der Waals surface area contributed by atoms with Gasteiger partial charge in [-0.15, -0.1) is 0 Å². The van der Waals surface area contributed by atoms with Gasteiger partial charge >= 0.3 is 5.69 Å². The molecule has 0 aliphatic heterocycles. The highest BCUT2D eigenvalue weighted by molar-refractivity contribution is 7.22. The molecule has 2 N–H and O–H groups in total. The number of fused-ring (bicyclic) bond motifs is 1. The summed E-state index contributed by atoms with van der Waals surface area (Å²) in [4.78, 5) is 24.1. The second-order valence-electron chi connectivity index (χ2n) is 6.72. The molecule has 0 bridgehead atoms. The highest BCUT2D eigenvalue weighted by Gasteiger charge is 2.26. The number of rotatable bonds is 5. The van der Waals surface area contributed by atoms with Gasteiger partial charge in [0.05, 0.1) is 15.1 Å². The topological polar surface area (TPSA) is 106 Å². The fraction of sp³-hybridized carbons (Fsp3) is 0.389. The number of anilines is 3. The first-order valence-corrected chi connectivity index (χ1v) is 9.82. The number of hydrogen-bond donors (Lipinski definition) is 2. The first-order valence-electron chi connectivity index (χ1n) is 9.01. The first-order chi connectivity index (χ1) is 13.1. The van der Waals surface area contributed by atoms with Gasteiger partial charge in [-0.1, -0.05) is 42.7 Å². The molecule has 1 aliphatic carbocycles. The van der Waals surface area contributed by atoms with Crippen molar-refractivity contribution in [3.8, 4) is 0 Å². The summed E-state index contributed by atoms with van der Waals surface area (Å²) in [7, 11) is 0. The Kier molecular flexibility index (Phi) is 4.85. The van der Waals surface area contributed by atoms with Crippen LogP contribution in [0.5, 0.6) is 0 Å². The van der Waals surface area contributed by atoms with Gasteiger partial charge in [0.25, 0.3) is 0 Å². The van der Waals surface area contributed by atoms with Crippen LogP contribution in [0.15, 0.2) is 24.5 Å². The summed E-state index contributed by atoms with van der Waals surface area (Å²) >= 11 is 1.44. The van der Waals surface area contributed by atoms with Crippen molar-refractivity contribution in [2.75, 3.05) is 10.6 Å². The zero-order valence-electron chi connectivity index (χ0n) is 14.9. The van der Waals surface area contributed by atoms with Gasteiger partial charge in [-0.2, -0.15) is 0 Å². The fourth-order valence-electron chi connectivity index (χ4n) is 3.43. The molecule has 1 aliphatic rings. The second kappa shape index (κ2) is 7.43. The third-order valence-corrected chi connectivity index (χ3v) is 5.73. The molecule has 2 aromatic heterocycles. The molecule has 0 atom stereocenters. The summed E-state index contributed by atoms with van der Waals surface area (Å²) in [6.07, 6.45) is 6.83. The molecule has 8 nitrogen and oxygen atoms in total. The van der Waals surface area contributed by atoms with Gasteiger partial charge in [0, 0.05) is 6.04 Å². The number of benzene rings is 1. The van der Waals surface area contributed by atoms with Crippen molar-refractivity contribution in [3.05, 3.63) is 40.2 Å². The van der Waals surface area contributed by atoms with Crippen molar-refractivity contribution < 1.29 is 4.92 Å². The summed E-state index contributed by atoms with van der Waals surface area (Å²) in [5.74, 6) is 0.423. The molecular weight excluding hydrogens is 364 g/mol. The van der Waals surface area contributed by atoms with Crippen LogP contribution in [0.2, 0.25) is 0 Å². The lowest BCUT2D eigenvalue weighted by Gasteiger charge is -2.23. The Bertz CT molecular complexity index is 983. The second-order valence-corrected chi connectivity index (χ2v) is 7.75. The predicted molar refractivity (Wildman–Crippen MR) is 107 cm³/mol. The van der Waals surface area contributed by atoms with E-state index in [4.69, 9.17) is 0 Å². The maximum Gasteiger partial charge on any atom is 0.353 e. The number of nitro groups is 1. The Labute approximate surface area is 160 Å². The maximum absolute atomic E-state index is 11.7. The van der Waals surface area contributed by atoms with E-state index in [0.29, 0.717) is 5.13 Å². The van der Waals surface area contributed by atoms with Crippen molar-refractivity contribution in [2.24, 2.45) is 0 Å². The van der Waals surface area contributed by atoms with Crippen LogP contribution in [0.4, 0.5) is 22.5 Å². The van der Waals surface area contributed by atoms with Crippen LogP contribution in [0.1, 0.15) is 37.7 Å². The zero-order chi connectivity index (χ0) is 18.8. The third kappa shape index (κ3) is 3.68. The van der Waals surface area contributed by atoms with Crippen LogP contribution in [0, 0.1) is 17.0 Å². The molecule has 27 heavy (non-hydrogen) atoms. The predicted octanol–water partition coefficient (Wildman–Crippen LogP) is 4.79. The van der Waals surface area contributed by atoms with Crippen molar-refractivity contribution in [1.82, 2.24) is 15.0 Å². The van der Waals surface area contributed by atoms with E-state index < -0.39 is 4.92 Å². The molecule has 4 rings (SSSR count). The number of nitrogens with one attached hydrogen (secondary N) is 2. The van der Waals surface area contributed by atoms with Crippen molar-refractivity contribution in [2.45, 2.75) is 45.1 Å². The van der Waals surface area contributed by atoms with E-state index in [1.165, 1.54) is 24.1 Å². The zero-order valence-corrected chi connectivity index (χ0v) is 15.8. The van der Waals surface area contributed by atoms with E-state index in [0.717, 1.165) is 41.5 Å². The summed E-state index contributed by atoms with van der Waals surface area (Å²) in [5.41, 5.74) is 1.81. The van der Waals surface area contributed by atoms with Crippen molar-refractivity contribution >= 4 is 44.0 Å². The van der Waals surface area contributed by atoms with Gasteiger partial charge < -0.3 is 10.6 Å². The number of nitrogens with zero attached hydrogens (tertiary/aromatic N) is 4. The molecule has 9 heteroatoms. The van der Waals surface area contributed by atoms with E-state index in [9.17, 15) is 10.1 Å². The lowest BCUT2D eigenvalue weighted by Crippen LogP contribution is -2.23. The van der Waals surface area contributed by atoms with E-state index in [1.54, 1.807) is 0 Å². The van der Waals surface area contributed by atoms with E-state index in [1.807, 2.05) is 25.1 Å². The molecule has 1 saturated carbocycles. The van der Waals surface area contributed by atoms with Crippen LogP contribution < -0.4 is 10.6 Å².